The van der Waals surface area contributed by atoms with Crippen molar-refractivity contribution in [3.63, 3.8) is 0 Å². The quantitative estimate of drug-likeness (QED) is 0.562. The molecule has 1 aromatic rings. The molecule has 0 atom stereocenters. The van der Waals surface area contributed by atoms with Crippen LogP contribution in [-0.2, 0) is 6.54 Å². The van der Waals surface area contributed by atoms with E-state index in [0.29, 0.717) is 0 Å². The molecule has 1 aromatic heterocycles. The SMILES string of the molecule is COc1ncccc1CNCCCCCCBr. The summed E-state index contributed by atoms with van der Waals surface area (Å²) in [6.07, 6.45) is 6.86. The summed E-state index contributed by atoms with van der Waals surface area (Å²) in [6, 6.07) is 3.99. The van der Waals surface area contributed by atoms with Gasteiger partial charge in [0.1, 0.15) is 0 Å². The Morgan fingerprint density at radius 2 is 2.12 bits per heavy atom. The van der Waals surface area contributed by atoms with E-state index in [1.807, 2.05) is 12.1 Å². The van der Waals surface area contributed by atoms with E-state index in [2.05, 4.69) is 26.2 Å². The normalized spacial score (nSPS) is 10.5. The Labute approximate surface area is 112 Å². The van der Waals surface area contributed by atoms with Crippen LogP contribution in [0.4, 0.5) is 0 Å². The van der Waals surface area contributed by atoms with Crippen molar-refractivity contribution in [3.8, 4) is 5.88 Å². The third-order valence-electron chi connectivity index (χ3n) is 2.60. The van der Waals surface area contributed by atoms with Crippen LogP contribution in [0.3, 0.4) is 0 Å². The Morgan fingerprint density at radius 3 is 2.88 bits per heavy atom. The molecule has 0 unspecified atom stereocenters. The molecular weight excluding hydrogens is 280 g/mol. The van der Waals surface area contributed by atoms with Gasteiger partial charge in [0.15, 0.2) is 0 Å². The van der Waals surface area contributed by atoms with Gasteiger partial charge in [0, 0.05) is 23.6 Å². The monoisotopic (exact) mass is 300 g/mol. The van der Waals surface area contributed by atoms with Gasteiger partial charge in [-0.15, -0.1) is 0 Å². The molecule has 0 bridgehead atoms. The molecule has 3 nitrogen and oxygen atoms in total. The second kappa shape index (κ2) is 9.42. The van der Waals surface area contributed by atoms with Crippen LogP contribution in [0, 0.1) is 0 Å². The first-order valence-electron chi connectivity index (χ1n) is 6.13. The van der Waals surface area contributed by atoms with E-state index in [1.165, 1.54) is 25.7 Å². The number of alkyl halides is 1. The summed E-state index contributed by atoms with van der Waals surface area (Å²) in [5.74, 6) is 0.722. The number of halogens is 1. The largest absolute Gasteiger partial charge is 0.481 e. The molecule has 0 saturated carbocycles. The Bertz CT molecular complexity index is 307. The minimum atomic E-state index is 0.722. The van der Waals surface area contributed by atoms with E-state index in [4.69, 9.17) is 4.74 Å². The molecule has 1 rings (SSSR count). The molecule has 0 radical (unpaired) electrons. The zero-order valence-electron chi connectivity index (χ0n) is 10.4. The lowest BCUT2D eigenvalue weighted by Gasteiger charge is -2.08. The highest BCUT2D eigenvalue weighted by Gasteiger charge is 2.01. The molecule has 0 fully saturated rings. The van der Waals surface area contributed by atoms with E-state index in [1.54, 1.807) is 13.3 Å². The Hall–Kier alpha value is -0.610. The number of rotatable bonds is 9. The van der Waals surface area contributed by atoms with Gasteiger partial charge in [0.25, 0.3) is 0 Å². The smallest absolute Gasteiger partial charge is 0.217 e. The van der Waals surface area contributed by atoms with Crippen LogP contribution in [0.2, 0.25) is 0 Å². The van der Waals surface area contributed by atoms with Crippen molar-refractivity contribution in [2.75, 3.05) is 19.0 Å². The van der Waals surface area contributed by atoms with Crippen molar-refractivity contribution in [2.45, 2.75) is 32.2 Å². The summed E-state index contributed by atoms with van der Waals surface area (Å²) in [6.45, 7) is 1.88. The first-order chi connectivity index (χ1) is 8.38. The molecule has 96 valence electrons. The van der Waals surface area contributed by atoms with Crippen molar-refractivity contribution in [1.29, 1.82) is 0 Å². The third kappa shape index (κ3) is 6.03. The highest BCUT2D eigenvalue weighted by molar-refractivity contribution is 9.09. The number of hydrogen-bond donors (Lipinski definition) is 1. The average molecular weight is 301 g/mol. The number of aromatic nitrogens is 1. The maximum Gasteiger partial charge on any atom is 0.217 e. The van der Waals surface area contributed by atoms with Gasteiger partial charge in [-0.25, -0.2) is 4.98 Å². The molecule has 0 spiro atoms. The summed E-state index contributed by atoms with van der Waals surface area (Å²) in [4.78, 5) is 4.17. The molecule has 0 aromatic carbocycles. The molecule has 0 aliphatic carbocycles. The van der Waals surface area contributed by atoms with E-state index in [0.717, 1.165) is 29.9 Å². The molecular formula is C13H21BrN2O. The number of pyridine rings is 1. The Balaban J connectivity index is 2.13. The van der Waals surface area contributed by atoms with E-state index >= 15 is 0 Å². The lowest BCUT2D eigenvalue weighted by atomic mass is 10.2. The zero-order chi connectivity index (χ0) is 12.3. The number of ether oxygens (including phenoxy) is 1. The van der Waals surface area contributed by atoms with Crippen LogP contribution >= 0.6 is 15.9 Å². The van der Waals surface area contributed by atoms with Crippen molar-refractivity contribution in [2.24, 2.45) is 0 Å². The van der Waals surface area contributed by atoms with Gasteiger partial charge in [-0.3, -0.25) is 0 Å². The standard InChI is InChI=1S/C13H21BrN2O/c1-17-13-12(7-6-10-16-13)11-15-9-5-3-2-4-8-14/h6-7,10,15H,2-5,8-9,11H2,1H3. The first-order valence-corrected chi connectivity index (χ1v) is 7.25. The van der Waals surface area contributed by atoms with Crippen LogP contribution in [0.15, 0.2) is 18.3 Å². The van der Waals surface area contributed by atoms with E-state index in [9.17, 15) is 0 Å². The summed E-state index contributed by atoms with van der Waals surface area (Å²) in [5.41, 5.74) is 1.12. The minimum Gasteiger partial charge on any atom is -0.481 e. The summed E-state index contributed by atoms with van der Waals surface area (Å²) >= 11 is 3.44. The number of nitrogens with one attached hydrogen (secondary N) is 1. The molecule has 0 saturated heterocycles. The van der Waals surface area contributed by atoms with Crippen LogP contribution < -0.4 is 10.1 Å². The van der Waals surface area contributed by atoms with E-state index < -0.39 is 0 Å². The van der Waals surface area contributed by atoms with Crippen molar-refractivity contribution < 1.29 is 4.74 Å². The fourth-order valence-corrected chi connectivity index (χ4v) is 2.06. The predicted molar refractivity (Wildman–Crippen MR) is 74.8 cm³/mol. The summed E-state index contributed by atoms with van der Waals surface area (Å²) in [5, 5.41) is 4.54. The molecule has 0 amide bonds. The number of methoxy groups -OCH3 is 1. The lowest BCUT2D eigenvalue weighted by Crippen LogP contribution is -2.15. The number of unbranched alkanes of at least 4 members (excludes halogenated alkanes) is 3. The van der Waals surface area contributed by atoms with Crippen molar-refractivity contribution in [3.05, 3.63) is 23.9 Å². The van der Waals surface area contributed by atoms with Gasteiger partial charge in [-0.2, -0.15) is 0 Å². The van der Waals surface area contributed by atoms with Gasteiger partial charge in [0.2, 0.25) is 5.88 Å². The van der Waals surface area contributed by atoms with Gasteiger partial charge in [-0.1, -0.05) is 34.8 Å². The molecule has 1 N–H and O–H groups in total. The minimum absolute atomic E-state index is 0.722. The maximum absolute atomic E-state index is 5.20. The van der Waals surface area contributed by atoms with Crippen LogP contribution in [0.5, 0.6) is 5.88 Å². The predicted octanol–water partition coefficient (Wildman–Crippen LogP) is 3.14. The van der Waals surface area contributed by atoms with Gasteiger partial charge in [0.05, 0.1) is 7.11 Å². The van der Waals surface area contributed by atoms with E-state index in [-0.39, 0.29) is 0 Å². The molecule has 0 aliphatic heterocycles. The first kappa shape index (κ1) is 14.5. The Kier molecular flexibility index (Phi) is 8.01. The summed E-state index contributed by atoms with van der Waals surface area (Å²) in [7, 11) is 1.66. The summed E-state index contributed by atoms with van der Waals surface area (Å²) < 4.78 is 5.20. The fraction of sp³-hybridized carbons (Fsp3) is 0.615. The maximum atomic E-state index is 5.20. The van der Waals surface area contributed by atoms with Gasteiger partial charge >= 0.3 is 0 Å². The molecule has 0 aliphatic rings. The number of hydrogen-bond acceptors (Lipinski definition) is 3. The Morgan fingerprint density at radius 1 is 1.29 bits per heavy atom. The second-order valence-electron chi connectivity index (χ2n) is 3.95. The third-order valence-corrected chi connectivity index (χ3v) is 3.16. The van der Waals surface area contributed by atoms with Crippen LogP contribution in [0.1, 0.15) is 31.2 Å². The lowest BCUT2D eigenvalue weighted by molar-refractivity contribution is 0.390. The molecule has 1 heterocycles. The highest BCUT2D eigenvalue weighted by atomic mass is 79.9. The topological polar surface area (TPSA) is 34.1 Å². The zero-order valence-corrected chi connectivity index (χ0v) is 12.0. The van der Waals surface area contributed by atoms with Gasteiger partial charge < -0.3 is 10.1 Å². The van der Waals surface area contributed by atoms with Crippen molar-refractivity contribution >= 4 is 15.9 Å². The van der Waals surface area contributed by atoms with Crippen molar-refractivity contribution in [1.82, 2.24) is 10.3 Å². The highest BCUT2D eigenvalue weighted by Crippen LogP contribution is 2.12. The van der Waals surface area contributed by atoms with Crippen LogP contribution in [0.25, 0.3) is 0 Å². The number of nitrogens with zero attached hydrogens (tertiary/aromatic N) is 1. The van der Waals surface area contributed by atoms with Gasteiger partial charge in [-0.05, 0) is 25.5 Å². The fourth-order valence-electron chi connectivity index (χ4n) is 1.66. The average Bonchev–Trinajstić information content (AvgIpc) is 2.38. The van der Waals surface area contributed by atoms with Crippen LogP contribution in [-0.4, -0.2) is 24.0 Å². The molecule has 17 heavy (non-hydrogen) atoms. The second-order valence-corrected chi connectivity index (χ2v) is 4.74. The molecule has 4 heteroatoms.